The van der Waals surface area contributed by atoms with Crippen molar-refractivity contribution >= 4 is 45.0 Å². The molecule has 0 aliphatic rings. The fourth-order valence-electron chi connectivity index (χ4n) is 2.63. The number of hydrogen-bond donors (Lipinski definition) is 0. The van der Waals surface area contributed by atoms with Gasteiger partial charge in [-0.2, -0.15) is 0 Å². The van der Waals surface area contributed by atoms with Crippen LogP contribution in [0.3, 0.4) is 0 Å². The van der Waals surface area contributed by atoms with Crippen LogP contribution in [-0.2, 0) is 0 Å². The van der Waals surface area contributed by atoms with Crippen molar-refractivity contribution in [2.45, 2.75) is 13.8 Å². The summed E-state index contributed by atoms with van der Waals surface area (Å²) in [6.07, 6.45) is 1.88. The minimum Gasteiger partial charge on any atom is -0.267 e. The smallest absolute Gasteiger partial charge is 0.267 e. The second-order valence-electron chi connectivity index (χ2n) is 5.62. The Kier molecular flexibility index (Phi) is 3.25. The van der Waals surface area contributed by atoms with E-state index in [1.54, 1.807) is 4.40 Å². The van der Waals surface area contributed by atoms with E-state index in [2.05, 4.69) is 11.9 Å². The lowest BCUT2D eigenvalue weighted by atomic mass is 10.1. The van der Waals surface area contributed by atoms with E-state index < -0.39 is 0 Å². The van der Waals surface area contributed by atoms with E-state index in [-0.39, 0.29) is 5.56 Å². The Balaban J connectivity index is 2.00. The minimum atomic E-state index is -0.0225. The summed E-state index contributed by atoms with van der Waals surface area (Å²) in [5, 5.41) is 0.683. The molecular formula is C18H13ClN2OS. The summed E-state index contributed by atoms with van der Waals surface area (Å²) < 4.78 is 2.38. The molecule has 0 bridgehead atoms. The van der Waals surface area contributed by atoms with Gasteiger partial charge < -0.3 is 0 Å². The van der Waals surface area contributed by atoms with Crippen molar-refractivity contribution in [3.8, 4) is 0 Å². The lowest BCUT2D eigenvalue weighted by Crippen LogP contribution is -2.22. The zero-order valence-corrected chi connectivity index (χ0v) is 14.2. The molecule has 0 unspecified atom stereocenters. The highest BCUT2D eigenvalue weighted by Gasteiger charge is 2.12. The molecule has 5 heteroatoms. The average molecular weight is 341 g/mol. The summed E-state index contributed by atoms with van der Waals surface area (Å²) >= 11 is 7.31. The fourth-order valence-corrected chi connectivity index (χ4v) is 3.74. The summed E-state index contributed by atoms with van der Waals surface area (Å²) in [7, 11) is 0. The van der Waals surface area contributed by atoms with Crippen LogP contribution in [0.2, 0.25) is 5.02 Å². The number of rotatable bonds is 1. The molecule has 2 aromatic carbocycles. The van der Waals surface area contributed by atoms with E-state index in [9.17, 15) is 4.79 Å². The molecule has 0 radical (unpaired) electrons. The Morgan fingerprint density at radius 3 is 2.57 bits per heavy atom. The first kappa shape index (κ1) is 14.4. The van der Waals surface area contributed by atoms with Gasteiger partial charge in [0.15, 0.2) is 4.96 Å². The molecule has 3 nitrogen and oxygen atoms in total. The number of halogens is 1. The molecule has 2 heterocycles. The van der Waals surface area contributed by atoms with Crippen LogP contribution in [-0.4, -0.2) is 9.38 Å². The van der Waals surface area contributed by atoms with Crippen LogP contribution in [0.4, 0.5) is 0 Å². The van der Waals surface area contributed by atoms with Crippen molar-refractivity contribution in [1.82, 2.24) is 9.38 Å². The third kappa shape index (κ3) is 2.35. The van der Waals surface area contributed by atoms with Crippen LogP contribution in [0, 0.1) is 13.8 Å². The van der Waals surface area contributed by atoms with E-state index in [1.807, 2.05) is 49.4 Å². The molecule has 0 aliphatic heterocycles. The minimum absolute atomic E-state index is 0.0225. The molecule has 4 aromatic rings. The van der Waals surface area contributed by atoms with Gasteiger partial charge in [0.05, 0.1) is 15.6 Å². The Hall–Kier alpha value is -2.17. The van der Waals surface area contributed by atoms with Gasteiger partial charge >= 0.3 is 0 Å². The fraction of sp³-hybridized carbons (Fsp3) is 0.111. The number of hydrogen-bond acceptors (Lipinski definition) is 3. The number of aromatic nitrogens is 2. The normalized spacial score (nSPS) is 12.6. The van der Waals surface area contributed by atoms with Gasteiger partial charge in [-0.1, -0.05) is 35.1 Å². The maximum atomic E-state index is 12.7. The van der Waals surface area contributed by atoms with Crippen molar-refractivity contribution in [2.24, 2.45) is 0 Å². The molecule has 0 fully saturated rings. The highest BCUT2D eigenvalue weighted by atomic mass is 35.5. The zero-order chi connectivity index (χ0) is 16.1. The van der Waals surface area contributed by atoms with Gasteiger partial charge in [-0.25, -0.2) is 9.38 Å². The van der Waals surface area contributed by atoms with Gasteiger partial charge in [-0.05, 0) is 60.9 Å². The topological polar surface area (TPSA) is 34.4 Å². The maximum Gasteiger partial charge on any atom is 0.274 e. The summed E-state index contributed by atoms with van der Waals surface area (Å²) in [6, 6.07) is 11.5. The largest absolute Gasteiger partial charge is 0.274 e. The first-order valence-corrected chi connectivity index (χ1v) is 8.42. The van der Waals surface area contributed by atoms with Gasteiger partial charge in [-0.15, -0.1) is 0 Å². The summed E-state index contributed by atoms with van der Waals surface area (Å²) in [4.78, 5) is 18.1. The molecule has 0 N–H and O–H groups in total. The Bertz CT molecular complexity index is 1160. The highest BCUT2D eigenvalue weighted by molar-refractivity contribution is 7.15. The zero-order valence-electron chi connectivity index (χ0n) is 12.6. The Morgan fingerprint density at radius 2 is 1.83 bits per heavy atom. The van der Waals surface area contributed by atoms with Crippen LogP contribution >= 0.6 is 22.9 Å². The average Bonchev–Trinajstić information content (AvgIpc) is 3.00. The van der Waals surface area contributed by atoms with Gasteiger partial charge in [0, 0.05) is 5.02 Å². The quantitative estimate of drug-likeness (QED) is 0.529. The maximum absolute atomic E-state index is 12.7. The molecular weight excluding hydrogens is 328 g/mol. The summed E-state index contributed by atoms with van der Waals surface area (Å²) in [5.74, 6) is 0. The van der Waals surface area contributed by atoms with Crippen LogP contribution in [0.1, 0.15) is 16.7 Å². The van der Waals surface area contributed by atoms with Gasteiger partial charge in [-0.3, -0.25) is 4.79 Å². The SMILES string of the molecule is Cc1cc2nc3sc(=Cc4ccc(Cl)cc4)c(=O)n3c2cc1C. The van der Waals surface area contributed by atoms with E-state index >= 15 is 0 Å². The Labute approximate surface area is 141 Å². The first-order valence-electron chi connectivity index (χ1n) is 7.22. The second kappa shape index (κ2) is 5.18. The number of benzene rings is 2. The van der Waals surface area contributed by atoms with Gasteiger partial charge in [0.25, 0.3) is 5.56 Å². The van der Waals surface area contributed by atoms with Crippen molar-refractivity contribution < 1.29 is 0 Å². The van der Waals surface area contributed by atoms with Crippen LogP contribution in [0.15, 0.2) is 41.2 Å². The number of imidazole rings is 1. The molecule has 0 saturated heterocycles. The Morgan fingerprint density at radius 1 is 1.13 bits per heavy atom. The van der Waals surface area contributed by atoms with Crippen molar-refractivity contribution in [2.75, 3.05) is 0 Å². The number of fused-ring (bicyclic) bond motifs is 3. The van der Waals surface area contributed by atoms with Crippen molar-refractivity contribution in [3.05, 3.63) is 73.0 Å². The number of aryl methyl sites for hydroxylation is 2. The lowest BCUT2D eigenvalue weighted by Gasteiger charge is -1.98. The lowest BCUT2D eigenvalue weighted by molar-refractivity contribution is 1.18. The van der Waals surface area contributed by atoms with Crippen molar-refractivity contribution in [3.63, 3.8) is 0 Å². The predicted octanol–water partition coefficient (Wildman–Crippen LogP) is 3.73. The molecule has 4 rings (SSSR count). The predicted molar refractivity (Wildman–Crippen MR) is 96.6 cm³/mol. The molecule has 0 atom stereocenters. The molecule has 0 spiro atoms. The van der Waals surface area contributed by atoms with Crippen LogP contribution < -0.4 is 10.1 Å². The van der Waals surface area contributed by atoms with E-state index in [0.29, 0.717) is 9.55 Å². The van der Waals surface area contributed by atoms with Gasteiger partial charge in [0.2, 0.25) is 0 Å². The second-order valence-corrected chi connectivity index (χ2v) is 7.07. The molecule has 0 amide bonds. The molecule has 0 aliphatic carbocycles. The third-order valence-corrected chi connectivity index (χ3v) is 5.24. The molecule has 0 saturated carbocycles. The molecule has 114 valence electrons. The first-order chi connectivity index (χ1) is 11.0. The summed E-state index contributed by atoms with van der Waals surface area (Å²) in [6.45, 7) is 4.10. The standard InChI is InChI=1S/C18H13ClN2OS/c1-10-7-14-15(8-11(10)2)21-17(22)16(23-18(21)20-14)9-12-3-5-13(19)6-4-12/h3-9H,1-2H3. The van der Waals surface area contributed by atoms with E-state index in [0.717, 1.165) is 27.1 Å². The molecule has 2 aromatic heterocycles. The molecule has 23 heavy (non-hydrogen) atoms. The monoisotopic (exact) mass is 340 g/mol. The van der Waals surface area contributed by atoms with E-state index in [4.69, 9.17) is 11.6 Å². The van der Waals surface area contributed by atoms with E-state index in [1.165, 1.54) is 16.9 Å². The van der Waals surface area contributed by atoms with Gasteiger partial charge in [0.1, 0.15) is 0 Å². The van der Waals surface area contributed by atoms with Crippen LogP contribution in [0.5, 0.6) is 0 Å². The van der Waals surface area contributed by atoms with Crippen LogP contribution in [0.25, 0.3) is 22.1 Å². The number of thiazole rings is 1. The highest BCUT2D eigenvalue weighted by Crippen LogP contribution is 2.20. The summed E-state index contributed by atoms with van der Waals surface area (Å²) in [5.41, 5.74) is 5.02. The van der Waals surface area contributed by atoms with Crippen molar-refractivity contribution in [1.29, 1.82) is 0 Å². The third-order valence-electron chi connectivity index (χ3n) is 4.02. The number of nitrogens with zero attached hydrogens (tertiary/aromatic N) is 2.